The molecule has 2 rings (SSSR count). The summed E-state index contributed by atoms with van der Waals surface area (Å²) >= 11 is 0. The molecule has 1 aliphatic rings. The van der Waals surface area contributed by atoms with Crippen LogP contribution in [0.3, 0.4) is 0 Å². The molecular weight excluding hydrogens is 286 g/mol. The molecule has 2 atom stereocenters. The van der Waals surface area contributed by atoms with Gasteiger partial charge in [-0.15, -0.1) is 0 Å². The lowest BCUT2D eigenvalue weighted by Gasteiger charge is -2.25. The highest BCUT2D eigenvalue weighted by Gasteiger charge is 2.26. The van der Waals surface area contributed by atoms with Gasteiger partial charge in [-0.25, -0.2) is 9.59 Å². The Hall–Kier alpha value is -2.08. The van der Waals surface area contributed by atoms with Gasteiger partial charge in [0.2, 0.25) is 0 Å². The van der Waals surface area contributed by atoms with Gasteiger partial charge < -0.3 is 19.9 Å². The molecule has 120 valence electrons. The van der Waals surface area contributed by atoms with E-state index in [0.29, 0.717) is 13.0 Å². The van der Waals surface area contributed by atoms with Crippen molar-refractivity contribution in [1.29, 1.82) is 0 Å². The van der Waals surface area contributed by atoms with Gasteiger partial charge >= 0.3 is 12.1 Å². The minimum Gasteiger partial charge on any atom is -0.480 e. The zero-order valence-corrected chi connectivity index (χ0v) is 12.4. The Morgan fingerprint density at radius 3 is 2.77 bits per heavy atom. The van der Waals surface area contributed by atoms with Crippen LogP contribution in [0.25, 0.3) is 0 Å². The van der Waals surface area contributed by atoms with Crippen LogP contribution in [-0.2, 0) is 20.9 Å². The molecule has 1 aromatic carbocycles. The molecule has 0 spiro atoms. The number of carbonyl (C=O) groups excluding carboxylic acids is 1. The van der Waals surface area contributed by atoms with E-state index in [1.165, 1.54) is 0 Å². The van der Waals surface area contributed by atoms with E-state index in [2.05, 4.69) is 5.32 Å². The van der Waals surface area contributed by atoms with Gasteiger partial charge in [-0.3, -0.25) is 0 Å². The molecule has 0 aliphatic carbocycles. The number of hydrogen-bond donors (Lipinski definition) is 2. The summed E-state index contributed by atoms with van der Waals surface area (Å²) < 4.78 is 10.4. The number of carboxylic acids is 1. The molecule has 0 aromatic heterocycles. The number of aliphatic carboxylic acids is 1. The molecule has 0 saturated carbocycles. The number of carboxylic acid groups (broad SMARTS) is 1. The van der Waals surface area contributed by atoms with Crippen LogP contribution < -0.4 is 5.32 Å². The minimum atomic E-state index is -1.05. The van der Waals surface area contributed by atoms with Crippen molar-refractivity contribution < 1.29 is 24.2 Å². The third kappa shape index (κ3) is 5.37. The summed E-state index contributed by atoms with van der Waals surface area (Å²) in [7, 11) is 0. The summed E-state index contributed by atoms with van der Waals surface area (Å²) in [6.45, 7) is 1.39. The number of alkyl carbamates (subject to hydrolysis) is 1. The Morgan fingerprint density at radius 2 is 2.14 bits per heavy atom. The maximum atomic E-state index is 11.7. The lowest BCUT2D eigenvalue weighted by molar-refractivity contribution is -0.140. The van der Waals surface area contributed by atoms with E-state index in [-0.39, 0.29) is 12.5 Å². The first-order valence-electron chi connectivity index (χ1n) is 7.43. The molecular formula is C16H21NO5. The summed E-state index contributed by atoms with van der Waals surface area (Å²) in [5.41, 5.74) is 0.852. The molecule has 6 heteroatoms. The van der Waals surface area contributed by atoms with Crippen molar-refractivity contribution in [3.8, 4) is 0 Å². The van der Waals surface area contributed by atoms with Crippen LogP contribution in [0.5, 0.6) is 0 Å². The summed E-state index contributed by atoms with van der Waals surface area (Å²) in [6.07, 6.45) is 1.49. The van der Waals surface area contributed by atoms with Crippen molar-refractivity contribution in [2.24, 2.45) is 5.92 Å². The zero-order chi connectivity index (χ0) is 15.8. The molecule has 1 fully saturated rings. The zero-order valence-electron chi connectivity index (χ0n) is 12.4. The van der Waals surface area contributed by atoms with Gasteiger partial charge in [0.25, 0.3) is 0 Å². The highest BCUT2D eigenvalue weighted by molar-refractivity contribution is 5.79. The quantitative estimate of drug-likeness (QED) is 0.841. The summed E-state index contributed by atoms with van der Waals surface area (Å²) in [5, 5.41) is 11.6. The van der Waals surface area contributed by atoms with Gasteiger partial charge in [0.05, 0.1) is 0 Å². The first-order valence-corrected chi connectivity index (χ1v) is 7.43. The van der Waals surface area contributed by atoms with Crippen LogP contribution >= 0.6 is 0 Å². The van der Waals surface area contributed by atoms with Crippen LogP contribution in [0.15, 0.2) is 30.3 Å². The van der Waals surface area contributed by atoms with Crippen LogP contribution in [0.4, 0.5) is 4.79 Å². The van der Waals surface area contributed by atoms with E-state index < -0.39 is 18.1 Å². The standard InChI is InChI=1S/C16H21NO5/c18-15(19)14(9-13-7-4-8-21-10-13)17-16(20)22-11-12-5-2-1-3-6-12/h1-3,5-6,13-14H,4,7-11H2,(H,17,20)(H,18,19). The van der Waals surface area contributed by atoms with Crippen molar-refractivity contribution in [2.45, 2.75) is 31.9 Å². The third-order valence-corrected chi connectivity index (χ3v) is 3.63. The fourth-order valence-corrected chi connectivity index (χ4v) is 2.46. The Bertz CT molecular complexity index is 485. The van der Waals surface area contributed by atoms with Gasteiger partial charge in [0.15, 0.2) is 0 Å². The van der Waals surface area contributed by atoms with E-state index in [1.807, 2.05) is 30.3 Å². The second kappa shape index (κ2) is 8.38. The molecule has 1 amide bonds. The molecule has 2 unspecified atom stereocenters. The normalized spacial score (nSPS) is 19.2. The topological polar surface area (TPSA) is 84.9 Å². The van der Waals surface area contributed by atoms with Crippen LogP contribution in [-0.4, -0.2) is 36.4 Å². The number of hydrogen-bond acceptors (Lipinski definition) is 4. The van der Waals surface area contributed by atoms with Gasteiger partial charge in [0.1, 0.15) is 12.6 Å². The number of carbonyl (C=O) groups is 2. The average molecular weight is 307 g/mol. The number of ether oxygens (including phenoxy) is 2. The van der Waals surface area contributed by atoms with Crippen LogP contribution in [0.2, 0.25) is 0 Å². The molecule has 6 nitrogen and oxygen atoms in total. The van der Waals surface area contributed by atoms with E-state index in [1.54, 1.807) is 0 Å². The highest BCUT2D eigenvalue weighted by Crippen LogP contribution is 2.19. The summed E-state index contributed by atoms with van der Waals surface area (Å²) in [6, 6.07) is 8.29. The fourth-order valence-electron chi connectivity index (χ4n) is 2.46. The predicted octanol–water partition coefficient (Wildman–Crippen LogP) is 2.18. The van der Waals surface area contributed by atoms with Crippen LogP contribution in [0, 0.1) is 5.92 Å². The Kier molecular flexibility index (Phi) is 6.21. The van der Waals surface area contributed by atoms with Gasteiger partial charge in [-0.05, 0) is 30.7 Å². The van der Waals surface area contributed by atoms with Crippen molar-refractivity contribution in [3.63, 3.8) is 0 Å². The molecule has 2 N–H and O–H groups in total. The largest absolute Gasteiger partial charge is 0.480 e. The number of benzene rings is 1. The Morgan fingerprint density at radius 1 is 1.36 bits per heavy atom. The van der Waals surface area contributed by atoms with Crippen LogP contribution in [0.1, 0.15) is 24.8 Å². The minimum absolute atomic E-state index is 0.117. The van der Waals surface area contributed by atoms with E-state index in [9.17, 15) is 14.7 Å². The summed E-state index contributed by atoms with van der Waals surface area (Å²) in [5.74, 6) is -0.897. The molecule has 22 heavy (non-hydrogen) atoms. The highest BCUT2D eigenvalue weighted by atomic mass is 16.5. The molecule has 1 saturated heterocycles. The van der Waals surface area contributed by atoms with Crippen molar-refractivity contribution in [3.05, 3.63) is 35.9 Å². The van der Waals surface area contributed by atoms with E-state index >= 15 is 0 Å². The molecule has 0 radical (unpaired) electrons. The van der Waals surface area contributed by atoms with Crippen molar-refractivity contribution >= 4 is 12.1 Å². The van der Waals surface area contributed by atoms with Gasteiger partial charge in [0, 0.05) is 13.2 Å². The molecule has 1 aliphatic heterocycles. The maximum Gasteiger partial charge on any atom is 0.408 e. The third-order valence-electron chi connectivity index (χ3n) is 3.63. The van der Waals surface area contributed by atoms with Gasteiger partial charge in [-0.2, -0.15) is 0 Å². The second-order valence-corrected chi connectivity index (χ2v) is 5.42. The maximum absolute atomic E-state index is 11.7. The Labute approximate surface area is 129 Å². The predicted molar refractivity (Wildman–Crippen MR) is 79.3 cm³/mol. The molecule has 0 bridgehead atoms. The van der Waals surface area contributed by atoms with E-state index in [0.717, 1.165) is 25.0 Å². The number of nitrogens with one attached hydrogen (secondary N) is 1. The smallest absolute Gasteiger partial charge is 0.408 e. The second-order valence-electron chi connectivity index (χ2n) is 5.42. The molecule has 1 heterocycles. The summed E-state index contributed by atoms with van der Waals surface area (Å²) in [4.78, 5) is 23.0. The molecule has 1 aromatic rings. The monoisotopic (exact) mass is 307 g/mol. The lowest BCUT2D eigenvalue weighted by Crippen LogP contribution is -2.43. The van der Waals surface area contributed by atoms with E-state index in [4.69, 9.17) is 9.47 Å². The van der Waals surface area contributed by atoms with Crippen molar-refractivity contribution in [1.82, 2.24) is 5.32 Å². The average Bonchev–Trinajstić information content (AvgIpc) is 2.54. The lowest BCUT2D eigenvalue weighted by atomic mass is 9.94. The number of rotatable bonds is 6. The SMILES string of the molecule is O=C(NC(CC1CCCOC1)C(=O)O)OCc1ccccc1. The Balaban J connectivity index is 1.79. The van der Waals surface area contributed by atoms with Crippen molar-refractivity contribution in [2.75, 3.05) is 13.2 Å². The first-order chi connectivity index (χ1) is 10.6. The number of amides is 1. The first kappa shape index (κ1) is 16.3. The van der Waals surface area contributed by atoms with Gasteiger partial charge in [-0.1, -0.05) is 30.3 Å². The fraction of sp³-hybridized carbons (Fsp3) is 0.500.